The molecule has 2 aromatic carbocycles. The molecule has 0 bridgehead atoms. The lowest BCUT2D eigenvalue weighted by Crippen LogP contribution is -2.38. The van der Waals surface area contributed by atoms with E-state index in [1.807, 2.05) is 54.6 Å². The van der Waals surface area contributed by atoms with Gasteiger partial charge >= 0.3 is 5.97 Å². The molecular weight excluding hydrogens is 352 g/mol. The van der Waals surface area contributed by atoms with Crippen molar-refractivity contribution in [1.29, 1.82) is 0 Å². The maximum Gasteiger partial charge on any atom is 0.331 e. The number of aryl methyl sites for hydroxylation is 1. The Morgan fingerprint density at radius 2 is 1.93 bits per heavy atom. The van der Waals surface area contributed by atoms with E-state index in [4.69, 9.17) is 4.74 Å². The Labute approximate surface area is 163 Å². The van der Waals surface area contributed by atoms with E-state index in [1.54, 1.807) is 17.2 Å². The highest BCUT2D eigenvalue weighted by Crippen LogP contribution is 2.26. The van der Waals surface area contributed by atoms with E-state index < -0.39 is 5.97 Å². The zero-order valence-electron chi connectivity index (χ0n) is 15.4. The van der Waals surface area contributed by atoms with Gasteiger partial charge in [0.15, 0.2) is 6.61 Å². The highest BCUT2D eigenvalue weighted by molar-refractivity contribution is 5.98. The van der Waals surface area contributed by atoms with Gasteiger partial charge in [-0.15, -0.1) is 0 Å². The lowest BCUT2D eigenvalue weighted by molar-refractivity contribution is -0.142. The van der Waals surface area contributed by atoms with Crippen LogP contribution < -0.4 is 4.90 Å². The molecule has 0 unspecified atom stereocenters. The molecule has 0 saturated carbocycles. The topological polar surface area (TPSA) is 59.5 Å². The van der Waals surface area contributed by atoms with Crippen LogP contribution in [0.15, 0.2) is 66.9 Å². The Balaban J connectivity index is 1.40. The zero-order chi connectivity index (χ0) is 19.3. The quantitative estimate of drug-likeness (QED) is 0.517. The molecule has 0 aliphatic carbocycles. The largest absolute Gasteiger partial charge is 0.452 e. The second kappa shape index (κ2) is 8.05. The van der Waals surface area contributed by atoms with E-state index in [0.717, 1.165) is 40.6 Å². The summed E-state index contributed by atoms with van der Waals surface area (Å²) in [7, 11) is 0. The maximum absolute atomic E-state index is 12.5. The number of esters is 1. The van der Waals surface area contributed by atoms with Gasteiger partial charge in [0.1, 0.15) is 0 Å². The van der Waals surface area contributed by atoms with Crippen molar-refractivity contribution in [3.8, 4) is 0 Å². The molecule has 0 radical (unpaired) electrons. The van der Waals surface area contributed by atoms with E-state index in [9.17, 15) is 9.59 Å². The first-order chi connectivity index (χ1) is 13.7. The Morgan fingerprint density at radius 1 is 1.07 bits per heavy atom. The van der Waals surface area contributed by atoms with Gasteiger partial charge in [-0.05, 0) is 36.6 Å². The minimum Gasteiger partial charge on any atom is -0.452 e. The van der Waals surface area contributed by atoms with Gasteiger partial charge in [0, 0.05) is 35.5 Å². The number of nitrogens with zero attached hydrogens (tertiary/aromatic N) is 2. The number of fused-ring (bicyclic) bond motifs is 2. The minimum atomic E-state index is -0.549. The summed E-state index contributed by atoms with van der Waals surface area (Å²) in [6, 6.07) is 17.4. The van der Waals surface area contributed by atoms with Crippen molar-refractivity contribution >= 4 is 34.5 Å². The highest BCUT2D eigenvalue weighted by atomic mass is 16.5. The fourth-order valence-corrected chi connectivity index (χ4v) is 3.47. The van der Waals surface area contributed by atoms with Crippen LogP contribution in [-0.2, 0) is 20.7 Å². The van der Waals surface area contributed by atoms with Crippen LogP contribution in [0.3, 0.4) is 0 Å². The van der Waals surface area contributed by atoms with Crippen molar-refractivity contribution in [1.82, 2.24) is 4.98 Å². The highest BCUT2D eigenvalue weighted by Gasteiger charge is 2.22. The fourth-order valence-electron chi connectivity index (χ4n) is 3.47. The van der Waals surface area contributed by atoms with E-state index in [1.165, 1.54) is 6.08 Å². The van der Waals surface area contributed by atoms with Gasteiger partial charge in [0.2, 0.25) is 0 Å². The Bertz CT molecular complexity index is 1050. The average molecular weight is 372 g/mol. The maximum atomic E-state index is 12.5. The van der Waals surface area contributed by atoms with E-state index in [2.05, 4.69) is 4.98 Å². The first-order valence-electron chi connectivity index (χ1n) is 9.29. The monoisotopic (exact) mass is 372 g/mol. The molecule has 1 amide bonds. The van der Waals surface area contributed by atoms with Gasteiger partial charge in [0.05, 0.1) is 5.52 Å². The molecule has 5 nitrogen and oxygen atoms in total. The van der Waals surface area contributed by atoms with Crippen LogP contribution in [0, 0.1) is 0 Å². The van der Waals surface area contributed by atoms with Crippen LogP contribution in [0.5, 0.6) is 0 Å². The summed E-state index contributed by atoms with van der Waals surface area (Å²) in [6.07, 6.45) is 6.58. The normalized spacial score (nSPS) is 13.5. The van der Waals surface area contributed by atoms with Gasteiger partial charge in [-0.2, -0.15) is 0 Å². The average Bonchev–Trinajstić information content (AvgIpc) is 2.75. The zero-order valence-corrected chi connectivity index (χ0v) is 15.4. The SMILES string of the molecule is O=C(/C=C/c1cccc2cccnc12)OCC(=O)N1CCCc2ccccc21. The standard InChI is InChI=1S/C23H20N2O3/c26-21(25-15-5-10-17-6-1-2-11-20(17)25)16-28-22(27)13-12-19-8-3-7-18-9-4-14-24-23(18)19/h1-4,6-9,11-14H,5,10,15-16H2/b13-12+. The van der Waals surface area contributed by atoms with E-state index in [0.29, 0.717) is 6.54 Å². The Morgan fingerprint density at radius 3 is 2.86 bits per heavy atom. The molecule has 0 spiro atoms. The molecule has 5 heteroatoms. The number of pyridine rings is 1. The summed E-state index contributed by atoms with van der Waals surface area (Å²) >= 11 is 0. The smallest absolute Gasteiger partial charge is 0.331 e. The predicted molar refractivity (Wildman–Crippen MR) is 109 cm³/mol. The molecule has 28 heavy (non-hydrogen) atoms. The second-order valence-electron chi connectivity index (χ2n) is 6.64. The van der Waals surface area contributed by atoms with Crippen molar-refractivity contribution < 1.29 is 14.3 Å². The number of amides is 1. The second-order valence-corrected chi connectivity index (χ2v) is 6.64. The number of aromatic nitrogens is 1. The molecule has 0 atom stereocenters. The van der Waals surface area contributed by atoms with Crippen LogP contribution in [0.1, 0.15) is 17.5 Å². The molecule has 1 aliphatic rings. The summed E-state index contributed by atoms with van der Waals surface area (Å²) in [5.74, 6) is -0.757. The first-order valence-corrected chi connectivity index (χ1v) is 9.29. The third-order valence-electron chi connectivity index (χ3n) is 4.81. The van der Waals surface area contributed by atoms with E-state index >= 15 is 0 Å². The summed E-state index contributed by atoms with van der Waals surface area (Å²) in [5, 5.41) is 0.997. The number of hydrogen-bond donors (Lipinski definition) is 0. The van der Waals surface area contributed by atoms with Crippen molar-refractivity contribution in [2.45, 2.75) is 12.8 Å². The van der Waals surface area contributed by atoms with Gasteiger partial charge in [0.25, 0.3) is 5.91 Å². The molecule has 1 aromatic heterocycles. The molecular formula is C23H20N2O3. The van der Waals surface area contributed by atoms with Gasteiger partial charge in [-0.1, -0.05) is 42.5 Å². The van der Waals surface area contributed by atoms with Gasteiger partial charge < -0.3 is 9.64 Å². The summed E-state index contributed by atoms with van der Waals surface area (Å²) < 4.78 is 5.17. The summed E-state index contributed by atoms with van der Waals surface area (Å²) in [5.41, 5.74) is 3.70. The number of carbonyl (C=O) groups is 2. The predicted octanol–water partition coefficient (Wildman–Crippen LogP) is 3.77. The number of para-hydroxylation sites is 2. The number of benzene rings is 2. The number of anilines is 1. The first kappa shape index (κ1) is 17.9. The third-order valence-corrected chi connectivity index (χ3v) is 4.81. The number of hydrogen-bond acceptors (Lipinski definition) is 4. The van der Waals surface area contributed by atoms with Crippen molar-refractivity contribution in [2.75, 3.05) is 18.1 Å². The van der Waals surface area contributed by atoms with Crippen LogP contribution in [-0.4, -0.2) is 30.0 Å². The van der Waals surface area contributed by atoms with Crippen LogP contribution in [0.2, 0.25) is 0 Å². The van der Waals surface area contributed by atoms with Crippen LogP contribution in [0.25, 0.3) is 17.0 Å². The molecule has 2 heterocycles. The third kappa shape index (κ3) is 3.78. The van der Waals surface area contributed by atoms with Crippen molar-refractivity contribution in [3.63, 3.8) is 0 Å². The lowest BCUT2D eigenvalue weighted by Gasteiger charge is -2.29. The minimum absolute atomic E-state index is 0.208. The van der Waals surface area contributed by atoms with Crippen molar-refractivity contribution in [3.05, 3.63) is 78.0 Å². The van der Waals surface area contributed by atoms with E-state index in [-0.39, 0.29) is 12.5 Å². The summed E-state index contributed by atoms with van der Waals surface area (Å²) in [6.45, 7) is 0.371. The van der Waals surface area contributed by atoms with Crippen LogP contribution in [0.4, 0.5) is 5.69 Å². The number of ether oxygens (including phenoxy) is 1. The molecule has 0 fully saturated rings. The molecule has 140 valence electrons. The fraction of sp³-hybridized carbons (Fsp3) is 0.174. The Kier molecular flexibility index (Phi) is 5.15. The summed E-state index contributed by atoms with van der Waals surface area (Å²) in [4.78, 5) is 30.7. The lowest BCUT2D eigenvalue weighted by atomic mass is 10.0. The molecule has 1 aliphatic heterocycles. The van der Waals surface area contributed by atoms with Gasteiger partial charge in [-0.25, -0.2) is 4.79 Å². The molecule has 3 aromatic rings. The van der Waals surface area contributed by atoms with Crippen LogP contribution >= 0.6 is 0 Å². The molecule has 4 rings (SSSR count). The number of carbonyl (C=O) groups excluding carboxylic acids is 2. The number of rotatable bonds is 4. The molecule has 0 N–H and O–H groups in total. The van der Waals surface area contributed by atoms with Crippen molar-refractivity contribution in [2.24, 2.45) is 0 Å². The van der Waals surface area contributed by atoms with Gasteiger partial charge in [-0.3, -0.25) is 9.78 Å². The Hall–Kier alpha value is -3.47. The molecule has 0 saturated heterocycles.